The monoisotopic (exact) mass is 426 g/mol. The zero-order valence-electron chi connectivity index (χ0n) is 17.2. The second kappa shape index (κ2) is 7.89. The number of nitrogens with one attached hydrogen (secondary N) is 1. The van der Waals surface area contributed by atoms with Gasteiger partial charge in [-0.25, -0.2) is 13.2 Å². The fourth-order valence-corrected chi connectivity index (χ4v) is 5.00. The highest BCUT2D eigenvalue weighted by Crippen LogP contribution is 2.33. The van der Waals surface area contributed by atoms with Crippen molar-refractivity contribution in [1.29, 1.82) is 0 Å². The summed E-state index contributed by atoms with van der Waals surface area (Å²) in [6, 6.07) is 13.3. The topological polar surface area (TPSA) is 88.4 Å². The van der Waals surface area contributed by atoms with Gasteiger partial charge in [0, 0.05) is 36.3 Å². The van der Waals surface area contributed by atoms with Crippen molar-refractivity contribution in [3.8, 4) is 0 Å². The van der Waals surface area contributed by atoms with Crippen molar-refractivity contribution in [2.75, 3.05) is 6.26 Å². The van der Waals surface area contributed by atoms with Crippen LogP contribution in [0.2, 0.25) is 0 Å². The molecule has 0 spiro atoms. The van der Waals surface area contributed by atoms with Crippen molar-refractivity contribution in [3.05, 3.63) is 64.8 Å². The Morgan fingerprint density at radius 2 is 1.87 bits per heavy atom. The first-order valence-corrected chi connectivity index (χ1v) is 12.0. The van der Waals surface area contributed by atoms with Crippen molar-refractivity contribution in [2.45, 2.75) is 50.2 Å². The number of carboxylic acids is 1. The van der Waals surface area contributed by atoms with Gasteiger partial charge in [-0.3, -0.25) is 0 Å². The van der Waals surface area contributed by atoms with Crippen LogP contribution in [0.1, 0.15) is 46.4 Å². The average Bonchev–Trinajstić information content (AvgIpc) is 2.95. The summed E-state index contributed by atoms with van der Waals surface area (Å²) < 4.78 is 26.8. The molecule has 0 aliphatic heterocycles. The van der Waals surface area contributed by atoms with Gasteiger partial charge >= 0.3 is 5.97 Å². The van der Waals surface area contributed by atoms with E-state index in [4.69, 9.17) is 0 Å². The van der Waals surface area contributed by atoms with Gasteiger partial charge in [0.1, 0.15) is 5.69 Å². The van der Waals surface area contributed by atoms with E-state index < -0.39 is 15.8 Å². The van der Waals surface area contributed by atoms with Crippen LogP contribution >= 0.6 is 0 Å². The first kappa shape index (κ1) is 20.6. The Bertz CT molecular complexity index is 1210. The molecule has 1 aliphatic rings. The number of benzene rings is 2. The minimum absolute atomic E-state index is 0.147. The minimum Gasteiger partial charge on any atom is -0.477 e. The summed E-state index contributed by atoms with van der Waals surface area (Å²) in [5, 5.41) is 14.0. The maximum absolute atomic E-state index is 12.5. The lowest BCUT2D eigenvalue weighted by Crippen LogP contribution is -2.35. The molecular weight excluding hydrogens is 400 g/mol. The number of sulfone groups is 1. The number of hydrogen-bond donors (Lipinski definition) is 2. The SMILES string of the molecule is Cc1ccc(Cn2c(C(=O)O)c(CNC3CCC3)c3c(S(C)(=O)=O)cccc32)cc1. The number of carboxylic acid groups (broad SMARTS) is 1. The van der Waals surface area contributed by atoms with Crippen LogP contribution in [-0.4, -0.2) is 36.4 Å². The van der Waals surface area contributed by atoms with E-state index in [2.05, 4.69) is 5.32 Å². The maximum atomic E-state index is 12.5. The zero-order valence-corrected chi connectivity index (χ0v) is 18.0. The molecule has 1 aliphatic carbocycles. The summed E-state index contributed by atoms with van der Waals surface area (Å²) >= 11 is 0. The molecular formula is C23H26N2O4S. The second-order valence-corrected chi connectivity index (χ2v) is 10.1. The quantitative estimate of drug-likeness (QED) is 0.601. The number of aryl methyl sites for hydroxylation is 1. The summed E-state index contributed by atoms with van der Waals surface area (Å²) in [4.78, 5) is 12.5. The second-order valence-electron chi connectivity index (χ2n) is 8.14. The van der Waals surface area contributed by atoms with E-state index in [1.54, 1.807) is 22.8 Å². The van der Waals surface area contributed by atoms with Crippen LogP contribution in [0.3, 0.4) is 0 Å². The highest BCUT2D eigenvalue weighted by molar-refractivity contribution is 7.91. The van der Waals surface area contributed by atoms with E-state index in [-0.39, 0.29) is 10.6 Å². The van der Waals surface area contributed by atoms with Gasteiger partial charge in [0.05, 0.1) is 10.4 Å². The molecule has 1 fully saturated rings. The molecule has 7 heteroatoms. The molecule has 1 heterocycles. The molecule has 0 radical (unpaired) electrons. The van der Waals surface area contributed by atoms with Crippen molar-refractivity contribution in [1.82, 2.24) is 9.88 Å². The van der Waals surface area contributed by atoms with Gasteiger partial charge in [-0.1, -0.05) is 42.3 Å². The van der Waals surface area contributed by atoms with Gasteiger partial charge < -0.3 is 15.0 Å². The minimum atomic E-state index is -3.52. The number of fused-ring (bicyclic) bond motifs is 1. The number of nitrogens with zero attached hydrogens (tertiary/aromatic N) is 1. The molecule has 4 rings (SSSR count). The molecule has 2 N–H and O–H groups in total. The van der Waals surface area contributed by atoms with Crippen molar-refractivity contribution >= 4 is 26.7 Å². The van der Waals surface area contributed by atoms with Crippen LogP contribution in [0.15, 0.2) is 47.4 Å². The fraction of sp³-hybridized carbons (Fsp3) is 0.348. The predicted molar refractivity (Wildman–Crippen MR) is 117 cm³/mol. The van der Waals surface area contributed by atoms with E-state index in [0.717, 1.165) is 30.4 Å². The Hall–Kier alpha value is -2.64. The fourth-order valence-electron chi connectivity index (χ4n) is 4.07. The summed E-state index contributed by atoms with van der Waals surface area (Å²) in [6.07, 6.45) is 4.45. The predicted octanol–water partition coefficient (Wildman–Crippen LogP) is 3.74. The molecule has 0 unspecified atom stereocenters. The smallest absolute Gasteiger partial charge is 0.352 e. The Labute approximate surface area is 176 Å². The average molecular weight is 427 g/mol. The molecule has 0 atom stereocenters. The van der Waals surface area contributed by atoms with Gasteiger partial charge in [-0.05, 0) is 37.5 Å². The number of aromatic nitrogens is 1. The molecule has 158 valence electrons. The third-order valence-electron chi connectivity index (χ3n) is 5.89. The summed E-state index contributed by atoms with van der Waals surface area (Å²) in [6.45, 7) is 2.69. The van der Waals surface area contributed by atoms with Crippen LogP contribution in [0.5, 0.6) is 0 Å². The highest BCUT2D eigenvalue weighted by Gasteiger charge is 2.28. The number of rotatable bonds is 7. The highest BCUT2D eigenvalue weighted by atomic mass is 32.2. The Morgan fingerprint density at radius 3 is 2.43 bits per heavy atom. The molecule has 0 amide bonds. The van der Waals surface area contributed by atoms with E-state index in [9.17, 15) is 18.3 Å². The lowest BCUT2D eigenvalue weighted by atomic mass is 9.93. The number of carbonyl (C=O) groups is 1. The number of aromatic carboxylic acids is 1. The molecule has 30 heavy (non-hydrogen) atoms. The van der Waals surface area contributed by atoms with Crippen LogP contribution in [0.4, 0.5) is 0 Å². The molecule has 2 aromatic carbocycles. The largest absolute Gasteiger partial charge is 0.477 e. The van der Waals surface area contributed by atoms with Gasteiger partial charge in [0.25, 0.3) is 0 Å². The van der Waals surface area contributed by atoms with E-state index in [1.807, 2.05) is 31.2 Å². The van der Waals surface area contributed by atoms with Crippen LogP contribution in [0.25, 0.3) is 10.9 Å². The van der Waals surface area contributed by atoms with Gasteiger partial charge in [-0.2, -0.15) is 0 Å². The summed E-state index contributed by atoms with van der Waals surface area (Å²) in [5.74, 6) is -1.05. The summed E-state index contributed by atoms with van der Waals surface area (Å²) in [5.41, 5.74) is 3.40. The van der Waals surface area contributed by atoms with Crippen molar-refractivity contribution in [2.24, 2.45) is 0 Å². The lowest BCUT2D eigenvalue weighted by molar-refractivity contribution is 0.0684. The Morgan fingerprint density at radius 1 is 1.17 bits per heavy atom. The summed E-state index contributed by atoms with van der Waals surface area (Å²) in [7, 11) is -3.52. The Balaban J connectivity index is 1.93. The first-order chi connectivity index (χ1) is 14.3. The van der Waals surface area contributed by atoms with Crippen molar-refractivity contribution in [3.63, 3.8) is 0 Å². The van der Waals surface area contributed by atoms with Gasteiger partial charge in [0.15, 0.2) is 9.84 Å². The van der Waals surface area contributed by atoms with Crippen LogP contribution in [-0.2, 0) is 22.9 Å². The Kier molecular flexibility index (Phi) is 5.42. The normalized spacial score (nSPS) is 14.7. The maximum Gasteiger partial charge on any atom is 0.352 e. The van der Waals surface area contributed by atoms with Crippen LogP contribution < -0.4 is 5.32 Å². The molecule has 1 aromatic heterocycles. The molecule has 3 aromatic rings. The van der Waals surface area contributed by atoms with Crippen molar-refractivity contribution < 1.29 is 18.3 Å². The van der Waals surface area contributed by atoms with Gasteiger partial charge in [0.2, 0.25) is 0 Å². The van der Waals surface area contributed by atoms with E-state index in [0.29, 0.717) is 35.6 Å². The lowest BCUT2D eigenvalue weighted by Gasteiger charge is -2.26. The number of hydrogen-bond acceptors (Lipinski definition) is 4. The molecule has 0 saturated heterocycles. The third kappa shape index (κ3) is 3.87. The molecule has 6 nitrogen and oxygen atoms in total. The third-order valence-corrected chi connectivity index (χ3v) is 7.03. The first-order valence-electron chi connectivity index (χ1n) is 10.1. The van der Waals surface area contributed by atoms with E-state index >= 15 is 0 Å². The standard InChI is InChI=1S/C23H26N2O4S/c1-15-9-11-16(12-10-15)14-25-19-7-4-8-20(30(2,28)29)21(19)18(22(25)23(26)27)13-24-17-5-3-6-17/h4,7-12,17,24H,3,5-6,13-14H2,1-2H3,(H,26,27). The van der Waals surface area contributed by atoms with Gasteiger partial charge in [-0.15, -0.1) is 0 Å². The van der Waals surface area contributed by atoms with Crippen LogP contribution in [0, 0.1) is 6.92 Å². The molecule has 0 bridgehead atoms. The van der Waals surface area contributed by atoms with E-state index in [1.165, 1.54) is 6.26 Å². The molecule has 1 saturated carbocycles. The zero-order chi connectivity index (χ0) is 21.5.